The van der Waals surface area contributed by atoms with E-state index in [-0.39, 0.29) is 0 Å². The van der Waals surface area contributed by atoms with E-state index in [9.17, 15) is 0 Å². The molecule has 1 unspecified atom stereocenters. The average Bonchev–Trinajstić information content (AvgIpc) is 2.80. The van der Waals surface area contributed by atoms with E-state index >= 15 is 0 Å². The van der Waals surface area contributed by atoms with Crippen molar-refractivity contribution in [2.45, 2.75) is 33.2 Å². The summed E-state index contributed by atoms with van der Waals surface area (Å²) in [5, 5.41) is 3.48. The van der Waals surface area contributed by atoms with Gasteiger partial charge in [0.25, 0.3) is 0 Å². The van der Waals surface area contributed by atoms with Crippen molar-refractivity contribution in [3.05, 3.63) is 18.2 Å². The zero-order valence-electron chi connectivity index (χ0n) is 11.7. The molecule has 1 fully saturated rings. The van der Waals surface area contributed by atoms with E-state index in [1.165, 1.54) is 32.5 Å². The fourth-order valence-electron chi connectivity index (χ4n) is 2.76. The number of aromatic nitrogens is 2. The molecule has 0 aromatic carbocycles. The summed E-state index contributed by atoms with van der Waals surface area (Å²) in [6.45, 7) is 11.3. The third kappa shape index (κ3) is 3.82. The van der Waals surface area contributed by atoms with Gasteiger partial charge in [-0.05, 0) is 45.3 Å². The van der Waals surface area contributed by atoms with Gasteiger partial charge in [-0.2, -0.15) is 0 Å². The van der Waals surface area contributed by atoms with E-state index in [0.29, 0.717) is 0 Å². The molecule has 4 nitrogen and oxygen atoms in total. The Morgan fingerprint density at radius 2 is 2.33 bits per heavy atom. The van der Waals surface area contributed by atoms with Crippen LogP contribution in [-0.2, 0) is 6.54 Å². The second-order valence-corrected chi connectivity index (χ2v) is 5.28. The summed E-state index contributed by atoms with van der Waals surface area (Å²) in [7, 11) is 0. The minimum absolute atomic E-state index is 0.836. The van der Waals surface area contributed by atoms with Crippen molar-refractivity contribution >= 4 is 0 Å². The number of aryl methyl sites for hydroxylation is 1. The van der Waals surface area contributed by atoms with Gasteiger partial charge in [0.2, 0.25) is 0 Å². The molecule has 4 heteroatoms. The third-order valence-corrected chi connectivity index (χ3v) is 3.87. The highest BCUT2D eigenvalue weighted by Crippen LogP contribution is 2.15. The number of imidazole rings is 1. The van der Waals surface area contributed by atoms with E-state index in [0.717, 1.165) is 31.4 Å². The van der Waals surface area contributed by atoms with Gasteiger partial charge < -0.3 is 14.8 Å². The number of rotatable bonds is 6. The van der Waals surface area contributed by atoms with E-state index in [2.05, 4.69) is 39.8 Å². The lowest BCUT2D eigenvalue weighted by atomic mass is 9.98. The molecule has 0 bridgehead atoms. The van der Waals surface area contributed by atoms with Crippen LogP contribution in [0.15, 0.2) is 12.4 Å². The van der Waals surface area contributed by atoms with Crippen molar-refractivity contribution in [2.75, 3.05) is 32.7 Å². The molecule has 1 aromatic rings. The largest absolute Gasteiger partial charge is 0.334 e. The van der Waals surface area contributed by atoms with Crippen LogP contribution in [0.5, 0.6) is 0 Å². The maximum absolute atomic E-state index is 4.27. The molecular formula is C14H26N4. The zero-order valence-corrected chi connectivity index (χ0v) is 11.7. The first kappa shape index (κ1) is 13.6. The maximum atomic E-state index is 4.27. The first-order valence-electron chi connectivity index (χ1n) is 7.20. The van der Waals surface area contributed by atoms with Crippen molar-refractivity contribution in [1.29, 1.82) is 0 Å². The van der Waals surface area contributed by atoms with Crippen LogP contribution >= 0.6 is 0 Å². The molecule has 0 saturated carbocycles. The van der Waals surface area contributed by atoms with Crippen molar-refractivity contribution in [2.24, 2.45) is 5.92 Å². The Morgan fingerprint density at radius 1 is 1.44 bits per heavy atom. The van der Waals surface area contributed by atoms with Crippen molar-refractivity contribution < 1.29 is 0 Å². The summed E-state index contributed by atoms with van der Waals surface area (Å²) in [4.78, 5) is 6.87. The molecule has 1 saturated heterocycles. The Morgan fingerprint density at radius 3 is 3.06 bits per heavy atom. The molecule has 0 aliphatic carbocycles. The monoisotopic (exact) mass is 250 g/mol. The molecule has 1 atom stereocenters. The minimum atomic E-state index is 0.836. The van der Waals surface area contributed by atoms with E-state index in [1.807, 2.05) is 6.20 Å². The molecule has 2 rings (SSSR count). The van der Waals surface area contributed by atoms with Crippen LogP contribution in [0, 0.1) is 12.8 Å². The van der Waals surface area contributed by atoms with E-state index < -0.39 is 0 Å². The second-order valence-electron chi connectivity index (χ2n) is 5.28. The first-order valence-corrected chi connectivity index (χ1v) is 7.20. The highest BCUT2D eigenvalue weighted by molar-refractivity contribution is 4.88. The Hall–Kier alpha value is -0.870. The lowest BCUT2D eigenvalue weighted by Gasteiger charge is -2.33. The SMILES string of the molecule is CCNCC1CCCN(CCn2ccnc2C)C1. The molecule has 1 aliphatic heterocycles. The quantitative estimate of drug-likeness (QED) is 0.831. The lowest BCUT2D eigenvalue weighted by molar-refractivity contribution is 0.167. The smallest absolute Gasteiger partial charge is 0.105 e. The van der Waals surface area contributed by atoms with E-state index in [1.54, 1.807) is 0 Å². The predicted molar refractivity (Wildman–Crippen MR) is 74.7 cm³/mol. The Bertz CT molecular complexity index is 347. The highest BCUT2D eigenvalue weighted by atomic mass is 15.2. The fourth-order valence-corrected chi connectivity index (χ4v) is 2.76. The summed E-state index contributed by atoms with van der Waals surface area (Å²) in [6, 6.07) is 0. The topological polar surface area (TPSA) is 33.1 Å². The zero-order chi connectivity index (χ0) is 12.8. The highest BCUT2D eigenvalue weighted by Gasteiger charge is 2.19. The summed E-state index contributed by atoms with van der Waals surface area (Å²) < 4.78 is 2.24. The van der Waals surface area contributed by atoms with Crippen LogP contribution in [0.2, 0.25) is 0 Å². The molecule has 1 aliphatic rings. The van der Waals surface area contributed by atoms with Crippen LogP contribution in [0.1, 0.15) is 25.6 Å². The normalized spacial score (nSPS) is 21.3. The standard InChI is InChI=1S/C14H26N4/c1-3-15-11-14-5-4-7-17(12-14)9-10-18-8-6-16-13(18)2/h6,8,14-15H,3-5,7,9-12H2,1-2H3. The van der Waals surface area contributed by atoms with Crippen molar-refractivity contribution in [1.82, 2.24) is 19.8 Å². The van der Waals surface area contributed by atoms with Crippen molar-refractivity contribution in [3.8, 4) is 0 Å². The Labute approximate surface area is 110 Å². The predicted octanol–water partition coefficient (Wildman–Crippen LogP) is 1.51. The van der Waals surface area contributed by atoms with Gasteiger partial charge in [-0.1, -0.05) is 6.92 Å². The molecule has 0 spiro atoms. The van der Waals surface area contributed by atoms with E-state index in [4.69, 9.17) is 0 Å². The van der Waals surface area contributed by atoms with Crippen LogP contribution in [-0.4, -0.2) is 47.2 Å². The van der Waals surface area contributed by atoms with Crippen molar-refractivity contribution in [3.63, 3.8) is 0 Å². The van der Waals surface area contributed by atoms with Crippen LogP contribution in [0.3, 0.4) is 0 Å². The fraction of sp³-hybridized carbons (Fsp3) is 0.786. The summed E-state index contributed by atoms with van der Waals surface area (Å²) in [5.41, 5.74) is 0. The number of nitrogens with zero attached hydrogens (tertiary/aromatic N) is 3. The summed E-state index contributed by atoms with van der Waals surface area (Å²) in [6.07, 6.45) is 6.70. The number of piperidine rings is 1. The maximum Gasteiger partial charge on any atom is 0.105 e. The molecule has 2 heterocycles. The summed E-state index contributed by atoms with van der Waals surface area (Å²) >= 11 is 0. The van der Waals surface area contributed by atoms with Gasteiger partial charge in [-0.25, -0.2) is 4.98 Å². The van der Waals surface area contributed by atoms with Gasteiger partial charge in [0, 0.05) is 32.0 Å². The van der Waals surface area contributed by atoms with Gasteiger partial charge in [0.05, 0.1) is 0 Å². The number of nitrogens with one attached hydrogen (secondary N) is 1. The molecule has 102 valence electrons. The van der Waals surface area contributed by atoms with Gasteiger partial charge in [-0.15, -0.1) is 0 Å². The second kappa shape index (κ2) is 6.90. The molecule has 18 heavy (non-hydrogen) atoms. The first-order chi connectivity index (χ1) is 8.79. The Balaban J connectivity index is 1.74. The number of hydrogen-bond donors (Lipinski definition) is 1. The third-order valence-electron chi connectivity index (χ3n) is 3.87. The minimum Gasteiger partial charge on any atom is -0.334 e. The molecule has 0 radical (unpaired) electrons. The summed E-state index contributed by atoms with van der Waals surface area (Å²) in [5.74, 6) is 1.96. The molecule has 1 N–H and O–H groups in total. The molecule has 0 amide bonds. The van der Waals surface area contributed by atoms with Crippen LogP contribution < -0.4 is 5.32 Å². The van der Waals surface area contributed by atoms with Crippen LogP contribution in [0.25, 0.3) is 0 Å². The average molecular weight is 250 g/mol. The molecule has 1 aromatic heterocycles. The van der Waals surface area contributed by atoms with Crippen LogP contribution in [0.4, 0.5) is 0 Å². The molecular weight excluding hydrogens is 224 g/mol. The van der Waals surface area contributed by atoms with Gasteiger partial charge >= 0.3 is 0 Å². The Kier molecular flexibility index (Phi) is 5.20. The van der Waals surface area contributed by atoms with Gasteiger partial charge in [0.1, 0.15) is 5.82 Å². The lowest BCUT2D eigenvalue weighted by Crippen LogP contribution is -2.41. The number of likely N-dealkylation sites (tertiary alicyclic amines) is 1. The van der Waals surface area contributed by atoms with Gasteiger partial charge in [0.15, 0.2) is 0 Å². The number of hydrogen-bond acceptors (Lipinski definition) is 3. The van der Waals surface area contributed by atoms with Gasteiger partial charge in [-0.3, -0.25) is 0 Å².